The van der Waals surface area contributed by atoms with E-state index in [1.165, 1.54) is 12.4 Å². The van der Waals surface area contributed by atoms with Crippen LogP contribution in [0.1, 0.15) is 24.2 Å². The number of carboxylic acid groups (broad SMARTS) is 1. The standard InChI is InChI=1S/C14H17N3O4/c1-8(2)6-21-14(20)16-9-4-10(13(18)19)12-11(5-9)15-7-17(12)3/h4-5,7-8H,6H2,1-3H3,(H,16,20)(H,18,19). The van der Waals surface area contributed by atoms with Gasteiger partial charge in [-0.05, 0) is 18.1 Å². The smallest absolute Gasteiger partial charge is 0.411 e. The number of carbonyl (C=O) groups is 2. The summed E-state index contributed by atoms with van der Waals surface area (Å²) in [5.74, 6) is -0.855. The van der Waals surface area contributed by atoms with Crippen LogP contribution in [0.25, 0.3) is 11.0 Å². The maximum atomic E-state index is 11.6. The number of carbonyl (C=O) groups excluding carboxylic acids is 1. The predicted octanol–water partition coefficient (Wildman–Crippen LogP) is 2.48. The van der Waals surface area contributed by atoms with Crippen LogP contribution in [0.3, 0.4) is 0 Å². The molecule has 0 bridgehead atoms. The molecule has 7 nitrogen and oxygen atoms in total. The number of amides is 1. The number of ether oxygens (including phenoxy) is 1. The quantitative estimate of drug-likeness (QED) is 0.902. The van der Waals surface area contributed by atoms with Crippen LogP contribution in [0.15, 0.2) is 18.5 Å². The van der Waals surface area contributed by atoms with Gasteiger partial charge in [-0.1, -0.05) is 13.8 Å². The summed E-state index contributed by atoms with van der Waals surface area (Å²) in [6.07, 6.45) is 0.910. The molecule has 0 aliphatic heterocycles. The van der Waals surface area contributed by atoms with Gasteiger partial charge in [0, 0.05) is 12.7 Å². The van der Waals surface area contributed by atoms with Gasteiger partial charge in [0.1, 0.15) is 0 Å². The summed E-state index contributed by atoms with van der Waals surface area (Å²) in [4.78, 5) is 27.1. The molecule has 112 valence electrons. The fourth-order valence-corrected chi connectivity index (χ4v) is 1.93. The molecule has 1 heterocycles. The molecule has 1 amide bonds. The van der Waals surface area contributed by atoms with Gasteiger partial charge in [0.15, 0.2) is 0 Å². The minimum atomic E-state index is -1.08. The van der Waals surface area contributed by atoms with Crippen LogP contribution < -0.4 is 5.32 Å². The Hall–Kier alpha value is -2.57. The second-order valence-corrected chi connectivity index (χ2v) is 5.17. The van der Waals surface area contributed by atoms with E-state index in [1.807, 2.05) is 13.8 Å². The Bertz CT molecular complexity index is 691. The number of aryl methyl sites for hydroxylation is 1. The van der Waals surface area contributed by atoms with Gasteiger partial charge < -0.3 is 14.4 Å². The van der Waals surface area contributed by atoms with Gasteiger partial charge in [0.25, 0.3) is 0 Å². The SMILES string of the molecule is CC(C)COC(=O)Nc1cc(C(=O)O)c2c(c1)ncn2C. The second kappa shape index (κ2) is 5.82. The average Bonchev–Trinajstić information content (AvgIpc) is 2.77. The van der Waals surface area contributed by atoms with E-state index >= 15 is 0 Å². The molecule has 2 aromatic rings. The number of aromatic carboxylic acids is 1. The lowest BCUT2D eigenvalue weighted by Gasteiger charge is -2.10. The van der Waals surface area contributed by atoms with Crippen molar-refractivity contribution in [3.8, 4) is 0 Å². The van der Waals surface area contributed by atoms with Crippen LogP contribution in [-0.2, 0) is 11.8 Å². The minimum absolute atomic E-state index is 0.0756. The largest absolute Gasteiger partial charge is 0.478 e. The second-order valence-electron chi connectivity index (χ2n) is 5.17. The molecule has 21 heavy (non-hydrogen) atoms. The molecule has 2 rings (SSSR count). The third-order valence-corrected chi connectivity index (χ3v) is 2.84. The van der Waals surface area contributed by atoms with Crippen molar-refractivity contribution in [1.29, 1.82) is 0 Å². The first-order valence-corrected chi connectivity index (χ1v) is 6.50. The lowest BCUT2D eigenvalue weighted by molar-refractivity contribution is 0.0698. The fourth-order valence-electron chi connectivity index (χ4n) is 1.93. The van der Waals surface area contributed by atoms with Crippen LogP contribution in [0.5, 0.6) is 0 Å². The first kappa shape index (κ1) is 14.8. The Balaban J connectivity index is 2.29. The van der Waals surface area contributed by atoms with Gasteiger partial charge in [0.2, 0.25) is 0 Å². The van der Waals surface area contributed by atoms with Crippen molar-refractivity contribution in [3.63, 3.8) is 0 Å². The highest BCUT2D eigenvalue weighted by Gasteiger charge is 2.15. The molecule has 0 spiro atoms. The van der Waals surface area contributed by atoms with Crippen molar-refractivity contribution in [3.05, 3.63) is 24.0 Å². The van der Waals surface area contributed by atoms with Crippen molar-refractivity contribution in [2.45, 2.75) is 13.8 Å². The average molecular weight is 291 g/mol. The van der Waals surface area contributed by atoms with Crippen LogP contribution >= 0.6 is 0 Å². The molecule has 0 unspecified atom stereocenters. The Morgan fingerprint density at radius 1 is 1.43 bits per heavy atom. The van der Waals surface area contributed by atoms with Gasteiger partial charge in [-0.25, -0.2) is 14.6 Å². The Morgan fingerprint density at radius 2 is 2.14 bits per heavy atom. The molecule has 1 aromatic heterocycles. The number of hydrogen-bond acceptors (Lipinski definition) is 4. The van der Waals surface area contributed by atoms with Crippen molar-refractivity contribution in [1.82, 2.24) is 9.55 Å². The van der Waals surface area contributed by atoms with E-state index in [1.54, 1.807) is 17.7 Å². The van der Waals surface area contributed by atoms with Gasteiger partial charge in [-0.3, -0.25) is 5.32 Å². The molecule has 1 aromatic carbocycles. The fraction of sp³-hybridized carbons (Fsp3) is 0.357. The van der Waals surface area contributed by atoms with E-state index in [2.05, 4.69) is 10.3 Å². The molecule has 0 aliphatic rings. The highest BCUT2D eigenvalue weighted by Crippen LogP contribution is 2.23. The molecule has 0 atom stereocenters. The maximum absolute atomic E-state index is 11.6. The number of anilines is 1. The number of hydrogen-bond donors (Lipinski definition) is 2. The van der Waals surface area contributed by atoms with Crippen molar-refractivity contribution in [2.75, 3.05) is 11.9 Å². The molecule has 0 aliphatic carbocycles. The summed E-state index contributed by atoms with van der Waals surface area (Å²) in [5.41, 5.74) is 1.42. The molecular weight excluding hydrogens is 274 g/mol. The van der Waals surface area contributed by atoms with E-state index in [0.717, 1.165) is 0 Å². The van der Waals surface area contributed by atoms with Gasteiger partial charge in [0.05, 0.1) is 29.5 Å². The molecule has 0 saturated carbocycles. The first-order chi connectivity index (χ1) is 9.88. The van der Waals surface area contributed by atoms with E-state index in [4.69, 9.17) is 4.74 Å². The molecule has 2 N–H and O–H groups in total. The highest BCUT2D eigenvalue weighted by molar-refractivity contribution is 6.04. The zero-order valence-electron chi connectivity index (χ0n) is 12.1. The zero-order chi connectivity index (χ0) is 15.6. The monoisotopic (exact) mass is 291 g/mol. The number of carboxylic acids is 1. The number of imidazole rings is 1. The minimum Gasteiger partial charge on any atom is -0.478 e. The normalized spacial score (nSPS) is 10.9. The van der Waals surface area contributed by atoms with Gasteiger partial charge in [-0.15, -0.1) is 0 Å². The molecule has 0 fully saturated rings. The number of rotatable bonds is 4. The third-order valence-electron chi connectivity index (χ3n) is 2.84. The topological polar surface area (TPSA) is 93.4 Å². The lowest BCUT2D eigenvalue weighted by atomic mass is 10.1. The summed E-state index contributed by atoms with van der Waals surface area (Å²) in [7, 11) is 1.71. The molecular formula is C14H17N3O4. The number of benzene rings is 1. The van der Waals surface area contributed by atoms with Crippen molar-refractivity contribution >= 4 is 28.8 Å². The van der Waals surface area contributed by atoms with Gasteiger partial charge >= 0.3 is 12.1 Å². The van der Waals surface area contributed by atoms with Crippen molar-refractivity contribution < 1.29 is 19.4 Å². The Morgan fingerprint density at radius 3 is 2.76 bits per heavy atom. The molecule has 0 radical (unpaired) electrons. The predicted molar refractivity (Wildman–Crippen MR) is 77.5 cm³/mol. The van der Waals surface area contributed by atoms with Crippen LogP contribution in [-0.4, -0.2) is 33.3 Å². The van der Waals surface area contributed by atoms with Crippen LogP contribution in [0, 0.1) is 5.92 Å². The van der Waals surface area contributed by atoms with E-state index in [-0.39, 0.29) is 11.5 Å². The number of nitrogens with one attached hydrogen (secondary N) is 1. The summed E-state index contributed by atoms with van der Waals surface area (Å²) in [6, 6.07) is 3.00. The zero-order valence-corrected chi connectivity index (χ0v) is 12.1. The van der Waals surface area contributed by atoms with Crippen LogP contribution in [0.2, 0.25) is 0 Å². The number of fused-ring (bicyclic) bond motifs is 1. The van der Waals surface area contributed by atoms with Gasteiger partial charge in [-0.2, -0.15) is 0 Å². The summed E-state index contributed by atoms with van der Waals surface area (Å²) in [6.45, 7) is 4.15. The number of nitrogens with zero attached hydrogens (tertiary/aromatic N) is 2. The first-order valence-electron chi connectivity index (χ1n) is 6.50. The lowest BCUT2D eigenvalue weighted by Crippen LogP contribution is -2.17. The summed E-state index contributed by atoms with van der Waals surface area (Å²) in [5, 5.41) is 11.8. The third kappa shape index (κ3) is 3.31. The van der Waals surface area contributed by atoms with Crippen molar-refractivity contribution in [2.24, 2.45) is 13.0 Å². The summed E-state index contributed by atoms with van der Waals surface area (Å²) < 4.78 is 6.63. The van der Waals surface area contributed by atoms with E-state index in [0.29, 0.717) is 23.3 Å². The summed E-state index contributed by atoms with van der Waals surface area (Å²) >= 11 is 0. The Labute approximate surface area is 121 Å². The van der Waals surface area contributed by atoms with E-state index < -0.39 is 12.1 Å². The number of aromatic nitrogens is 2. The van der Waals surface area contributed by atoms with Crippen LogP contribution in [0.4, 0.5) is 10.5 Å². The highest BCUT2D eigenvalue weighted by atomic mass is 16.5. The maximum Gasteiger partial charge on any atom is 0.411 e. The van der Waals surface area contributed by atoms with E-state index in [9.17, 15) is 14.7 Å². The molecule has 7 heteroatoms. The molecule has 0 saturated heterocycles. The Kier molecular flexibility index (Phi) is 4.11.